The molecule has 0 saturated carbocycles. The number of hydrogen-bond acceptors (Lipinski definition) is 5. The summed E-state index contributed by atoms with van der Waals surface area (Å²) in [6.45, 7) is 4.19. The molecule has 1 aliphatic heterocycles. The molecule has 1 aromatic heterocycles. The summed E-state index contributed by atoms with van der Waals surface area (Å²) >= 11 is 1.42. The number of benzene rings is 2. The summed E-state index contributed by atoms with van der Waals surface area (Å²) in [6, 6.07) is 15.9. The molecule has 1 saturated heterocycles. The van der Waals surface area contributed by atoms with E-state index in [2.05, 4.69) is 34.2 Å². The lowest BCUT2D eigenvalue weighted by molar-refractivity contribution is 0.0650. The number of amides is 1. The van der Waals surface area contributed by atoms with Crippen LogP contribution in [0.15, 0.2) is 54.6 Å². The third kappa shape index (κ3) is 4.18. The molecule has 1 amide bonds. The van der Waals surface area contributed by atoms with Crippen LogP contribution in [0.1, 0.15) is 15.9 Å². The van der Waals surface area contributed by atoms with Crippen LogP contribution in [0.25, 0.3) is 16.3 Å². The molecule has 2 heterocycles. The van der Waals surface area contributed by atoms with Crippen LogP contribution in [-0.2, 0) is 0 Å². The maximum absolute atomic E-state index is 12.8. The summed E-state index contributed by atoms with van der Waals surface area (Å²) in [5.74, 6) is 0.0864. The van der Waals surface area contributed by atoms with Gasteiger partial charge in [0.1, 0.15) is 0 Å². The van der Waals surface area contributed by atoms with Gasteiger partial charge in [0.15, 0.2) is 5.13 Å². The topological polar surface area (TPSA) is 62.5 Å². The number of fused-ring (bicyclic) bond motifs is 1. The second-order valence-corrected chi connectivity index (χ2v) is 7.70. The molecule has 0 spiro atoms. The molecular weight excluding hydrogens is 356 g/mol. The quantitative estimate of drug-likeness (QED) is 0.756. The lowest BCUT2D eigenvalue weighted by Gasteiger charge is -2.34. The smallest absolute Gasteiger partial charge is 0.253 e. The zero-order valence-corrected chi connectivity index (χ0v) is 15.9. The van der Waals surface area contributed by atoms with Crippen molar-refractivity contribution in [3.05, 3.63) is 65.7 Å². The molecule has 0 aliphatic carbocycles. The highest BCUT2D eigenvalue weighted by molar-refractivity contribution is 7.22. The van der Waals surface area contributed by atoms with Crippen LogP contribution in [0, 0.1) is 0 Å². The third-order valence-electron chi connectivity index (χ3n) is 4.78. The number of nitrogens with zero attached hydrogens (tertiary/aromatic N) is 3. The number of piperazine rings is 1. The van der Waals surface area contributed by atoms with E-state index in [-0.39, 0.29) is 5.91 Å². The highest BCUT2D eigenvalue weighted by Crippen LogP contribution is 2.25. The van der Waals surface area contributed by atoms with E-state index in [0.29, 0.717) is 10.7 Å². The number of carbonyl (C=O) groups excluding carboxylic acids is 1. The molecule has 0 radical (unpaired) electrons. The van der Waals surface area contributed by atoms with Gasteiger partial charge in [0.05, 0.1) is 10.2 Å². The van der Waals surface area contributed by atoms with Crippen LogP contribution in [0.2, 0.25) is 0 Å². The predicted molar refractivity (Wildman–Crippen MR) is 112 cm³/mol. The molecule has 27 heavy (non-hydrogen) atoms. The number of rotatable bonds is 4. The summed E-state index contributed by atoms with van der Waals surface area (Å²) in [7, 11) is 0. The summed E-state index contributed by atoms with van der Waals surface area (Å²) in [6.07, 6.45) is 4.34. The van der Waals surface area contributed by atoms with Gasteiger partial charge in [-0.25, -0.2) is 4.98 Å². The first kappa shape index (κ1) is 17.7. The standard InChI is InChI=1S/C21H22N4OS/c22-21-23-18-9-8-17(15-19(18)27-21)20(26)25-13-11-24(12-14-25)10-4-7-16-5-2-1-3-6-16/h1-9,15H,10-14H2,(H2,22,23). The SMILES string of the molecule is Nc1nc2ccc(C(=O)N3CCN(CC=Cc4ccccc4)CC3)cc2s1. The largest absolute Gasteiger partial charge is 0.375 e. The van der Waals surface area contributed by atoms with Gasteiger partial charge in [-0.05, 0) is 23.8 Å². The summed E-state index contributed by atoms with van der Waals surface area (Å²) in [5.41, 5.74) is 8.53. The number of aromatic nitrogens is 1. The molecular formula is C21H22N4OS. The fourth-order valence-corrected chi connectivity index (χ4v) is 4.07. The van der Waals surface area contributed by atoms with Crippen molar-refractivity contribution in [1.82, 2.24) is 14.8 Å². The van der Waals surface area contributed by atoms with Gasteiger partial charge in [-0.3, -0.25) is 9.69 Å². The number of thiazole rings is 1. The predicted octanol–water partition coefficient (Wildman–Crippen LogP) is 3.35. The Morgan fingerprint density at radius 2 is 1.89 bits per heavy atom. The van der Waals surface area contributed by atoms with E-state index in [1.54, 1.807) is 0 Å². The van der Waals surface area contributed by atoms with Crippen molar-refractivity contribution in [1.29, 1.82) is 0 Å². The van der Waals surface area contributed by atoms with Gasteiger partial charge in [0.2, 0.25) is 0 Å². The van der Waals surface area contributed by atoms with E-state index in [1.807, 2.05) is 41.3 Å². The summed E-state index contributed by atoms with van der Waals surface area (Å²) in [4.78, 5) is 21.4. The Balaban J connectivity index is 1.32. The second kappa shape index (κ2) is 7.90. The number of anilines is 1. The van der Waals surface area contributed by atoms with E-state index in [9.17, 15) is 4.79 Å². The molecule has 1 fully saturated rings. The molecule has 2 aromatic carbocycles. The first-order valence-corrected chi connectivity index (χ1v) is 9.90. The van der Waals surface area contributed by atoms with Crippen molar-refractivity contribution >= 4 is 38.7 Å². The number of nitrogen functional groups attached to an aromatic ring is 1. The Morgan fingerprint density at radius 1 is 1.11 bits per heavy atom. The van der Waals surface area contributed by atoms with Crippen molar-refractivity contribution < 1.29 is 4.79 Å². The van der Waals surface area contributed by atoms with Gasteiger partial charge in [0, 0.05) is 38.3 Å². The first-order chi connectivity index (χ1) is 13.2. The Morgan fingerprint density at radius 3 is 2.67 bits per heavy atom. The van der Waals surface area contributed by atoms with Crippen LogP contribution in [0.3, 0.4) is 0 Å². The van der Waals surface area contributed by atoms with Gasteiger partial charge in [-0.1, -0.05) is 53.8 Å². The van der Waals surface area contributed by atoms with E-state index in [0.717, 1.165) is 42.9 Å². The minimum Gasteiger partial charge on any atom is -0.375 e. The molecule has 0 atom stereocenters. The van der Waals surface area contributed by atoms with Crippen molar-refractivity contribution in [2.45, 2.75) is 0 Å². The van der Waals surface area contributed by atoms with Crippen LogP contribution in [-0.4, -0.2) is 53.4 Å². The molecule has 0 bridgehead atoms. The maximum atomic E-state index is 12.8. The Kier molecular flexibility index (Phi) is 5.18. The fraction of sp³-hybridized carbons (Fsp3) is 0.238. The number of hydrogen-bond donors (Lipinski definition) is 1. The summed E-state index contributed by atoms with van der Waals surface area (Å²) in [5, 5.41) is 0.534. The molecule has 5 nitrogen and oxygen atoms in total. The molecule has 138 valence electrons. The average Bonchev–Trinajstić information content (AvgIpc) is 3.08. The van der Waals surface area contributed by atoms with E-state index >= 15 is 0 Å². The fourth-order valence-electron chi connectivity index (χ4n) is 3.29. The average molecular weight is 379 g/mol. The molecule has 6 heteroatoms. The number of carbonyl (C=O) groups is 1. The molecule has 2 N–H and O–H groups in total. The lowest BCUT2D eigenvalue weighted by atomic mass is 10.1. The molecule has 3 aromatic rings. The van der Waals surface area contributed by atoms with Gasteiger partial charge < -0.3 is 10.6 Å². The first-order valence-electron chi connectivity index (χ1n) is 9.08. The van der Waals surface area contributed by atoms with E-state index < -0.39 is 0 Å². The second-order valence-electron chi connectivity index (χ2n) is 6.64. The Hall–Kier alpha value is -2.70. The van der Waals surface area contributed by atoms with Gasteiger partial charge in [-0.2, -0.15) is 0 Å². The maximum Gasteiger partial charge on any atom is 0.253 e. The van der Waals surface area contributed by atoms with Gasteiger partial charge >= 0.3 is 0 Å². The van der Waals surface area contributed by atoms with Crippen molar-refractivity contribution in [3.63, 3.8) is 0 Å². The lowest BCUT2D eigenvalue weighted by Crippen LogP contribution is -2.48. The van der Waals surface area contributed by atoms with Gasteiger partial charge in [-0.15, -0.1) is 0 Å². The Labute approximate surface area is 162 Å². The van der Waals surface area contributed by atoms with Crippen molar-refractivity contribution in [2.75, 3.05) is 38.5 Å². The normalized spacial score (nSPS) is 15.6. The van der Waals surface area contributed by atoms with E-state index in [1.165, 1.54) is 16.9 Å². The van der Waals surface area contributed by atoms with Crippen LogP contribution in [0.4, 0.5) is 5.13 Å². The third-order valence-corrected chi connectivity index (χ3v) is 5.63. The van der Waals surface area contributed by atoms with Crippen molar-refractivity contribution in [2.24, 2.45) is 0 Å². The van der Waals surface area contributed by atoms with E-state index in [4.69, 9.17) is 5.73 Å². The zero-order chi connectivity index (χ0) is 18.6. The van der Waals surface area contributed by atoms with Crippen LogP contribution < -0.4 is 5.73 Å². The zero-order valence-electron chi connectivity index (χ0n) is 15.0. The molecule has 0 unspecified atom stereocenters. The summed E-state index contributed by atoms with van der Waals surface area (Å²) < 4.78 is 0.961. The molecule has 4 rings (SSSR count). The van der Waals surface area contributed by atoms with Crippen molar-refractivity contribution in [3.8, 4) is 0 Å². The highest BCUT2D eigenvalue weighted by Gasteiger charge is 2.22. The number of nitrogens with two attached hydrogens (primary N) is 1. The molecule has 1 aliphatic rings. The minimum atomic E-state index is 0.0864. The van der Waals surface area contributed by atoms with Gasteiger partial charge in [0.25, 0.3) is 5.91 Å². The van der Waals surface area contributed by atoms with Crippen LogP contribution >= 0.6 is 11.3 Å². The monoisotopic (exact) mass is 378 g/mol. The Bertz CT molecular complexity index is 959. The highest BCUT2D eigenvalue weighted by atomic mass is 32.1. The minimum absolute atomic E-state index is 0.0864. The van der Waals surface area contributed by atoms with Crippen LogP contribution in [0.5, 0.6) is 0 Å².